The molecule has 1 N–H and O–H groups in total. The standard InChI is InChI=1S/C16H20N4/c1-11-18-19-16(20(11)15-4-2-3-5-15)12-6-7-13-9-17-10-14(13)8-12/h6-8,15,17H,2-5,9-10H2,1H3. The van der Waals surface area contributed by atoms with Crippen LogP contribution in [0.1, 0.15) is 48.7 Å². The molecule has 0 unspecified atom stereocenters. The summed E-state index contributed by atoms with van der Waals surface area (Å²) in [5.74, 6) is 2.09. The molecular formula is C16H20N4. The van der Waals surface area contributed by atoms with Gasteiger partial charge in [-0.05, 0) is 37.0 Å². The van der Waals surface area contributed by atoms with Gasteiger partial charge in [-0.1, -0.05) is 25.0 Å². The molecule has 2 aliphatic rings. The zero-order valence-electron chi connectivity index (χ0n) is 11.9. The zero-order chi connectivity index (χ0) is 13.5. The van der Waals surface area contributed by atoms with Crippen LogP contribution in [0.2, 0.25) is 0 Å². The summed E-state index contributed by atoms with van der Waals surface area (Å²) in [6.07, 6.45) is 5.18. The third kappa shape index (κ3) is 1.86. The molecule has 0 atom stereocenters. The van der Waals surface area contributed by atoms with Gasteiger partial charge < -0.3 is 9.88 Å². The Balaban J connectivity index is 1.78. The molecule has 0 saturated heterocycles. The minimum Gasteiger partial charge on any atom is -0.309 e. The van der Waals surface area contributed by atoms with Crippen LogP contribution in [-0.2, 0) is 13.1 Å². The maximum atomic E-state index is 4.45. The summed E-state index contributed by atoms with van der Waals surface area (Å²) < 4.78 is 2.36. The highest BCUT2D eigenvalue weighted by atomic mass is 15.3. The summed E-state index contributed by atoms with van der Waals surface area (Å²) in [4.78, 5) is 0. The van der Waals surface area contributed by atoms with E-state index in [2.05, 4.69) is 45.2 Å². The highest BCUT2D eigenvalue weighted by Gasteiger charge is 2.23. The lowest BCUT2D eigenvalue weighted by atomic mass is 10.1. The third-order valence-corrected chi connectivity index (χ3v) is 4.65. The van der Waals surface area contributed by atoms with E-state index in [-0.39, 0.29) is 0 Å². The van der Waals surface area contributed by atoms with E-state index >= 15 is 0 Å². The second kappa shape index (κ2) is 4.70. The van der Waals surface area contributed by atoms with Crippen molar-refractivity contribution in [2.45, 2.75) is 51.7 Å². The maximum Gasteiger partial charge on any atom is 0.164 e. The smallest absolute Gasteiger partial charge is 0.164 e. The van der Waals surface area contributed by atoms with Gasteiger partial charge in [0, 0.05) is 24.7 Å². The Hall–Kier alpha value is -1.68. The van der Waals surface area contributed by atoms with Gasteiger partial charge in [0.05, 0.1) is 0 Å². The van der Waals surface area contributed by atoms with Crippen molar-refractivity contribution in [3.63, 3.8) is 0 Å². The molecule has 1 aliphatic carbocycles. The molecule has 1 fully saturated rings. The Bertz CT molecular complexity index is 638. The fourth-order valence-corrected chi connectivity index (χ4v) is 3.60. The predicted molar refractivity (Wildman–Crippen MR) is 78.2 cm³/mol. The average molecular weight is 268 g/mol. The predicted octanol–water partition coefficient (Wildman–Crippen LogP) is 2.97. The number of benzene rings is 1. The minimum atomic E-state index is 0.589. The van der Waals surface area contributed by atoms with Crippen LogP contribution < -0.4 is 5.32 Å². The fraction of sp³-hybridized carbons (Fsp3) is 0.500. The van der Waals surface area contributed by atoms with Gasteiger partial charge in [0.1, 0.15) is 5.82 Å². The van der Waals surface area contributed by atoms with Gasteiger partial charge in [-0.15, -0.1) is 10.2 Å². The first-order valence-corrected chi connectivity index (χ1v) is 7.57. The molecule has 4 nitrogen and oxygen atoms in total. The molecule has 0 radical (unpaired) electrons. The van der Waals surface area contributed by atoms with Crippen molar-refractivity contribution in [3.05, 3.63) is 35.2 Å². The summed E-state index contributed by atoms with van der Waals surface area (Å²) in [5, 5.41) is 12.2. The van der Waals surface area contributed by atoms with Crippen molar-refractivity contribution >= 4 is 0 Å². The molecule has 0 bridgehead atoms. The lowest BCUT2D eigenvalue weighted by Gasteiger charge is -2.16. The molecule has 1 aromatic heterocycles. The Kier molecular flexibility index (Phi) is 2.84. The lowest BCUT2D eigenvalue weighted by Crippen LogP contribution is -2.08. The monoisotopic (exact) mass is 268 g/mol. The number of nitrogens with zero attached hydrogens (tertiary/aromatic N) is 3. The van der Waals surface area contributed by atoms with E-state index in [4.69, 9.17) is 0 Å². The van der Waals surface area contributed by atoms with Crippen molar-refractivity contribution in [1.29, 1.82) is 0 Å². The molecule has 1 aromatic carbocycles. The van der Waals surface area contributed by atoms with Crippen molar-refractivity contribution < 1.29 is 0 Å². The molecule has 1 aliphatic heterocycles. The number of rotatable bonds is 2. The number of nitrogens with one attached hydrogen (secondary N) is 1. The molecule has 4 rings (SSSR count). The number of aromatic nitrogens is 3. The molecule has 2 heterocycles. The summed E-state index contributed by atoms with van der Waals surface area (Å²) in [6.45, 7) is 4.04. The van der Waals surface area contributed by atoms with Crippen LogP contribution >= 0.6 is 0 Å². The largest absolute Gasteiger partial charge is 0.309 e. The number of aryl methyl sites for hydroxylation is 1. The van der Waals surface area contributed by atoms with E-state index in [1.165, 1.54) is 42.4 Å². The highest BCUT2D eigenvalue weighted by molar-refractivity contribution is 5.58. The van der Waals surface area contributed by atoms with Gasteiger partial charge in [0.25, 0.3) is 0 Å². The summed E-state index contributed by atoms with van der Waals surface area (Å²) in [7, 11) is 0. The maximum absolute atomic E-state index is 4.45. The molecular weight excluding hydrogens is 248 g/mol. The second-order valence-corrected chi connectivity index (χ2v) is 5.97. The van der Waals surface area contributed by atoms with E-state index in [1.54, 1.807) is 0 Å². The van der Waals surface area contributed by atoms with Gasteiger partial charge in [0.15, 0.2) is 5.82 Å². The molecule has 2 aromatic rings. The average Bonchev–Trinajstić information content (AvgIpc) is 3.17. The molecule has 20 heavy (non-hydrogen) atoms. The summed E-state index contributed by atoms with van der Waals surface area (Å²) >= 11 is 0. The van der Waals surface area contributed by atoms with E-state index in [9.17, 15) is 0 Å². The fourth-order valence-electron chi connectivity index (χ4n) is 3.60. The Morgan fingerprint density at radius 3 is 2.75 bits per heavy atom. The second-order valence-electron chi connectivity index (χ2n) is 5.97. The van der Waals surface area contributed by atoms with E-state index < -0.39 is 0 Å². The topological polar surface area (TPSA) is 42.7 Å². The van der Waals surface area contributed by atoms with E-state index in [0.717, 1.165) is 24.7 Å². The van der Waals surface area contributed by atoms with Gasteiger partial charge >= 0.3 is 0 Å². The Labute approximate surface area is 119 Å². The highest BCUT2D eigenvalue weighted by Crippen LogP contribution is 2.34. The number of hydrogen-bond donors (Lipinski definition) is 1. The van der Waals surface area contributed by atoms with Crippen molar-refractivity contribution in [3.8, 4) is 11.4 Å². The van der Waals surface area contributed by atoms with Crippen LogP contribution in [0.15, 0.2) is 18.2 Å². The van der Waals surface area contributed by atoms with E-state index in [0.29, 0.717) is 6.04 Å². The quantitative estimate of drug-likeness (QED) is 0.910. The first-order valence-electron chi connectivity index (χ1n) is 7.57. The number of hydrogen-bond acceptors (Lipinski definition) is 3. The number of fused-ring (bicyclic) bond motifs is 1. The summed E-state index contributed by atoms with van der Waals surface area (Å²) in [6, 6.07) is 7.30. The van der Waals surface area contributed by atoms with Crippen LogP contribution in [-0.4, -0.2) is 14.8 Å². The minimum absolute atomic E-state index is 0.589. The molecule has 104 valence electrons. The van der Waals surface area contributed by atoms with Gasteiger partial charge in [0.2, 0.25) is 0 Å². The lowest BCUT2D eigenvalue weighted by molar-refractivity contribution is 0.510. The van der Waals surface area contributed by atoms with E-state index in [1.807, 2.05) is 0 Å². The van der Waals surface area contributed by atoms with Crippen molar-refractivity contribution in [2.75, 3.05) is 0 Å². The van der Waals surface area contributed by atoms with Crippen LogP contribution in [0.3, 0.4) is 0 Å². The van der Waals surface area contributed by atoms with Crippen LogP contribution in [0, 0.1) is 6.92 Å². The zero-order valence-corrected chi connectivity index (χ0v) is 11.9. The van der Waals surface area contributed by atoms with Crippen LogP contribution in [0.4, 0.5) is 0 Å². The van der Waals surface area contributed by atoms with Crippen LogP contribution in [0.25, 0.3) is 11.4 Å². The molecule has 0 amide bonds. The van der Waals surface area contributed by atoms with Crippen LogP contribution in [0.5, 0.6) is 0 Å². The summed E-state index contributed by atoms with van der Waals surface area (Å²) in [5.41, 5.74) is 4.03. The Morgan fingerprint density at radius 1 is 1.10 bits per heavy atom. The van der Waals surface area contributed by atoms with Crippen molar-refractivity contribution in [1.82, 2.24) is 20.1 Å². The molecule has 0 spiro atoms. The Morgan fingerprint density at radius 2 is 1.90 bits per heavy atom. The third-order valence-electron chi connectivity index (χ3n) is 4.65. The van der Waals surface area contributed by atoms with Gasteiger partial charge in [-0.25, -0.2) is 0 Å². The molecule has 4 heteroatoms. The van der Waals surface area contributed by atoms with Gasteiger partial charge in [-0.2, -0.15) is 0 Å². The molecule has 1 saturated carbocycles. The first-order chi connectivity index (χ1) is 9.83. The SMILES string of the molecule is Cc1nnc(-c2ccc3c(c2)CNC3)n1C1CCCC1. The first kappa shape index (κ1) is 12.1. The van der Waals surface area contributed by atoms with Crippen molar-refractivity contribution in [2.24, 2.45) is 0 Å². The van der Waals surface area contributed by atoms with Gasteiger partial charge in [-0.3, -0.25) is 0 Å². The normalized spacial score (nSPS) is 18.6.